The Bertz CT molecular complexity index is 1940. The molecule has 364 valence electrons. The predicted molar refractivity (Wildman–Crippen MR) is 248 cm³/mol. The molecule has 2 aromatic carbocycles. The summed E-state index contributed by atoms with van der Waals surface area (Å²) < 4.78 is 0. The largest absolute Gasteiger partial charge is 0.391 e. The molecule has 0 saturated carbocycles. The third-order valence-electron chi connectivity index (χ3n) is 11.2. The number of nitrogens with one attached hydrogen (secondary N) is 8. The minimum atomic E-state index is -1.69. The summed E-state index contributed by atoms with van der Waals surface area (Å²) >= 11 is 0. The number of nitrogens with two attached hydrogens (primary N) is 3. The molecule has 0 aromatic heterocycles. The van der Waals surface area contributed by atoms with Crippen LogP contribution in [-0.4, -0.2) is 133 Å². The van der Waals surface area contributed by atoms with Gasteiger partial charge >= 0.3 is 0 Å². The van der Waals surface area contributed by atoms with Crippen LogP contribution in [0.1, 0.15) is 76.5 Å². The highest BCUT2D eigenvalue weighted by Gasteiger charge is 2.38. The van der Waals surface area contributed by atoms with E-state index in [1.54, 1.807) is 36.4 Å². The first-order chi connectivity index (χ1) is 31.5. The van der Waals surface area contributed by atoms with E-state index in [2.05, 4.69) is 42.5 Å². The molecule has 1 aliphatic heterocycles. The van der Waals surface area contributed by atoms with E-state index in [1.165, 1.54) is 6.92 Å². The van der Waals surface area contributed by atoms with Gasteiger partial charge in [0.1, 0.15) is 42.0 Å². The van der Waals surface area contributed by atoms with E-state index in [9.17, 15) is 43.5 Å². The van der Waals surface area contributed by atoms with Crippen LogP contribution in [-0.2, 0) is 57.6 Å². The topological polar surface area (TPSA) is 331 Å². The number of aryl methyl sites for hydroxylation is 1. The third-order valence-corrected chi connectivity index (χ3v) is 11.2. The van der Waals surface area contributed by atoms with Gasteiger partial charge in [-0.05, 0) is 87.7 Å². The van der Waals surface area contributed by atoms with E-state index in [1.807, 2.05) is 39.0 Å². The number of aliphatic hydroxyl groups excluding tert-OH is 1. The average Bonchev–Trinajstić information content (AvgIpc) is 3.28. The van der Waals surface area contributed by atoms with E-state index in [-0.39, 0.29) is 83.6 Å². The third kappa shape index (κ3) is 17.5. The second kappa shape index (κ2) is 27.6. The molecule has 1 fully saturated rings. The van der Waals surface area contributed by atoms with E-state index in [0.717, 1.165) is 12.0 Å². The molecule has 20 heteroatoms. The minimum absolute atomic E-state index is 0.0103. The van der Waals surface area contributed by atoms with Crippen molar-refractivity contribution >= 4 is 47.6 Å². The SMILES string of the molecule is CCc1cccc(CC(=O)N[C@H]2CCNC(=O)[C@H]([C@@H](C)O)NC(=O)[C@H](CCN)NC[C@@](C=O)(CCN)NC(=O)[C@H](CC(C)C)NC(=O)[C@@H](Cc3ccccc3)NC(=O)[C@H](CCN)NC2=O)c1. The van der Waals surface area contributed by atoms with Crippen LogP contribution in [0.4, 0.5) is 0 Å². The van der Waals surface area contributed by atoms with Gasteiger partial charge in [0.05, 0.1) is 18.6 Å². The second-order valence-corrected chi connectivity index (χ2v) is 17.2. The van der Waals surface area contributed by atoms with Crippen LogP contribution in [0.25, 0.3) is 0 Å². The standard InChI is InChI=1S/C46H71N11O9/c1-5-30-12-9-13-32(23-30)25-38(60)52-35-16-21-50-45(66)39(29(4)59)56-40(61)33(14-18-47)51-26-46(27-58,17-20-49)57-44(65)36(22-28(2)3)54-43(64)37(24-31-10-7-6-8-11-31)55-41(62)34(15-19-48)53-42(35)63/h6-13,23,27-29,33-37,39,51,59H,5,14-22,24-26,47-49H2,1-4H3,(H,50,66)(H,52,60)(H,53,63)(H,54,64)(H,55,62)(H,56,61)(H,57,65)/t29-,33+,34+,35+,36+,37-,39+,46-/m1/s1. The van der Waals surface area contributed by atoms with Gasteiger partial charge in [-0.15, -0.1) is 0 Å². The number of carbonyl (C=O) groups is 8. The molecular formula is C46H71N11O9. The monoisotopic (exact) mass is 922 g/mol. The number of carbonyl (C=O) groups excluding carboxylic acids is 8. The van der Waals surface area contributed by atoms with Gasteiger partial charge in [-0.2, -0.15) is 0 Å². The molecule has 0 bridgehead atoms. The van der Waals surface area contributed by atoms with Crippen LogP contribution in [0, 0.1) is 5.92 Å². The number of aldehydes is 1. The molecule has 15 N–H and O–H groups in total. The van der Waals surface area contributed by atoms with Crippen LogP contribution >= 0.6 is 0 Å². The van der Waals surface area contributed by atoms with Crippen molar-refractivity contribution in [2.45, 2.75) is 127 Å². The van der Waals surface area contributed by atoms with E-state index in [0.29, 0.717) is 17.4 Å². The lowest BCUT2D eigenvalue weighted by Gasteiger charge is -2.34. The normalized spacial score (nSPS) is 25.0. The van der Waals surface area contributed by atoms with Gasteiger partial charge in [0.2, 0.25) is 41.4 Å². The van der Waals surface area contributed by atoms with E-state index >= 15 is 0 Å². The molecule has 20 nitrogen and oxygen atoms in total. The summed E-state index contributed by atoms with van der Waals surface area (Å²) in [4.78, 5) is 110. The van der Waals surface area contributed by atoms with Crippen molar-refractivity contribution in [2.24, 2.45) is 23.1 Å². The molecule has 1 heterocycles. The Morgan fingerprint density at radius 3 is 1.98 bits per heavy atom. The molecule has 0 unspecified atom stereocenters. The first-order valence-electron chi connectivity index (χ1n) is 22.7. The lowest BCUT2D eigenvalue weighted by molar-refractivity contribution is -0.135. The van der Waals surface area contributed by atoms with E-state index < -0.39 is 89.2 Å². The van der Waals surface area contributed by atoms with Crippen molar-refractivity contribution < 1.29 is 43.5 Å². The lowest BCUT2D eigenvalue weighted by atomic mass is 9.94. The zero-order valence-electron chi connectivity index (χ0n) is 38.5. The zero-order valence-corrected chi connectivity index (χ0v) is 38.5. The number of amides is 7. The second-order valence-electron chi connectivity index (χ2n) is 17.2. The number of hydrogen-bond donors (Lipinski definition) is 12. The molecule has 3 rings (SSSR count). The summed E-state index contributed by atoms with van der Waals surface area (Å²) in [5.74, 6) is -5.31. The Hall–Kier alpha value is -5.80. The number of benzene rings is 2. The van der Waals surface area contributed by atoms with Crippen LogP contribution < -0.4 is 59.7 Å². The maximum absolute atomic E-state index is 14.3. The highest BCUT2D eigenvalue weighted by Crippen LogP contribution is 2.14. The van der Waals surface area contributed by atoms with Gasteiger partial charge in [0, 0.05) is 19.5 Å². The Balaban J connectivity index is 2.12. The van der Waals surface area contributed by atoms with Crippen molar-refractivity contribution in [3.8, 4) is 0 Å². The summed E-state index contributed by atoms with van der Waals surface area (Å²) in [5, 5.41) is 32.4. The van der Waals surface area contributed by atoms with Crippen LogP contribution in [0.3, 0.4) is 0 Å². The molecule has 7 amide bonds. The molecule has 8 atom stereocenters. The van der Waals surface area contributed by atoms with Crippen molar-refractivity contribution in [1.29, 1.82) is 0 Å². The van der Waals surface area contributed by atoms with Gasteiger partial charge < -0.3 is 69.6 Å². The summed E-state index contributed by atoms with van der Waals surface area (Å²) in [7, 11) is 0. The molecule has 0 spiro atoms. The molecular weight excluding hydrogens is 851 g/mol. The van der Waals surface area contributed by atoms with Crippen molar-refractivity contribution in [2.75, 3.05) is 32.7 Å². The predicted octanol–water partition coefficient (Wildman–Crippen LogP) is -2.54. The Morgan fingerprint density at radius 2 is 1.36 bits per heavy atom. The van der Waals surface area contributed by atoms with Crippen molar-refractivity contribution in [3.05, 3.63) is 71.3 Å². The van der Waals surface area contributed by atoms with Gasteiger partial charge in [-0.3, -0.25) is 33.6 Å². The number of hydrogen-bond acceptors (Lipinski definition) is 13. The summed E-state index contributed by atoms with van der Waals surface area (Å²) in [6, 6.07) is 8.43. The molecule has 0 aliphatic carbocycles. The summed E-state index contributed by atoms with van der Waals surface area (Å²) in [5.41, 5.74) is 18.4. The fourth-order valence-electron chi connectivity index (χ4n) is 7.50. The maximum Gasteiger partial charge on any atom is 0.245 e. The highest BCUT2D eigenvalue weighted by atomic mass is 16.3. The van der Waals surface area contributed by atoms with Crippen molar-refractivity contribution in [1.82, 2.24) is 42.5 Å². The Labute approximate surface area is 386 Å². The molecule has 0 radical (unpaired) electrons. The van der Waals surface area contributed by atoms with Gasteiger partial charge in [0.25, 0.3) is 0 Å². The first-order valence-corrected chi connectivity index (χ1v) is 22.7. The quantitative estimate of drug-likeness (QED) is 0.0774. The smallest absolute Gasteiger partial charge is 0.245 e. The average molecular weight is 922 g/mol. The van der Waals surface area contributed by atoms with Gasteiger partial charge in [-0.1, -0.05) is 75.4 Å². The fourth-order valence-corrected chi connectivity index (χ4v) is 7.50. The molecule has 66 heavy (non-hydrogen) atoms. The first kappa shape index (κ1) is 54.5. The zero-order chi connectivity index (χ0) is 48.8. The Morgan fingerprint density at radius 1 is 0.758 bits per heavy atom. The highest BCUT2D eigenvalue weighted by molar-refractivity contribution is 5.96. The molecule has 1 aliphatic rings. The fraction of sp³-hybridized carbons (Fsp3) is 0.565. The Kier molecular flexibility index (Phi) is 22.8. The van der Waals surface area contributed by atoms with E-state index in [4.69, 9.17) is 17.2 Å². The van der Waals surface area contributed by atoms with Crippen LogP contribution in [0.5, 0.6) is 0 Å². The maximum atomic E-state index is 14.3. The van der Waals surface area contributed by atoms with Crippen LogP contribution in [0.15, 0.2) is 54.6 Å². The molecule has 1 saturated heterocycles. The van der Waals surface area contributed by atoms with Crippen LogP contribution in [0.2, 0.25) is 0 Å². The van der Waals surface area contributed by atoms with Gasteiger partial charge in [-0.25, -0.2) is 0 Å². The number of aliphatic hydroxyl groups is 1. The van der Waals surface area contributed by atoms with Crippen molar-refractivity contribution in [3.63, 3.8) is 0 Å². The lowest BCUT2D eigenvalue weighted by Crippen LogP contribution is -2.64. The summed E-state index contributed by atoms with van der Waals surface area (Å²) in [6.45, 7) is 6.22. The van der Waals surface area contributed by atoms with Gasteiger partial charge in [0.15, 0.2) is 0 Å². The minimum Gasteiger partial charge on any atom is -0.391 e. The summed E-state index contributed by atoms with van der Waals surface area (Å²) in [6.07, 6.45) is -0.537. The molecule has 2 aromatic rings. The number of rotatable bonds is 16.